The van der Waals surface area contributed by atoms with Crippen molar-refractivity contribution in [2.45, 2.75) is 32.4 Å². The summed E-state index contributed by atoms with van der Waals surface area (Å²) in [6.45, 7) is 3.44. The summed E-state index contributed by atoms with van der Waals surface area (Å²) in [5.74, 6) is 0. The second-order valence-electron chi connectivity index (χ2n) is 4.34. The van der Waals surface area contributed by atoms with E-state index in [2.05, 4.69) is 16.0 Å². The molecule has 1 aliphatic carbocycles. The van der Waals surface area contributed by atoms with Gasteiger partial charge in [0, 0.05) is 24.8 Å². The van der Waals surface area contributed by atoms with Crippen LogP contribution in [0.3, 0.4) is 0 Å². The first-order valence-electron chi connectivity index (χ1n) is 6.15. The molecule has 0 unspecified atom stereocenters. The highest BCUT2D eigenvalue weighted by atomic mass is 16.2. The predicted molar refractivity (Wildman–Crippen MR) is 69.0 cm³/mol. The van der Waals surface area contributed by atoms with Crippen LogP contribution in [0.5, 0.6) is 0 Å². The maximum absolute atomic E-state index is 11.3. The number of nitrogens with one attached hydrogen (secondary N) is 3. The fourth-order valence-electron chi connectivity index (χ4n) is 1.59. The Balaban J connectivity index is 1.81. The summed E-state index contributed by atoms with van der Waals surface area (Å²) >= 11 is 0. The molecule has 4 heteroatoms. The maximum Gasteiger partial charge on any atom is 0.319 e. The summed E-state index contributed by atoms with van der Waals surface area (Å²) in [4.78, 5) is 11.3. The molecule has 0 saturated heterocycles. The van der Waals surface area contributed by atoms with Crippen molar-refractivity contribution in [2.24, 2.45) is 0 Å². The van der Waals surface area contributed by atoms with Gasteiger partial charge in [-0.05, 0) is 37.5 Å². The summed E-state index contributed by atoms with van der Waals surface area (Å²) in [5.41, 5.74) is 2.07. The molecule has 0 spiro atoms. The number of rotatable bonds is 5. The van der Waals surface area contributed by atoms with Crippen molar-refractivity contribution in [3.63, 3.8) is 0 Å². The summed E-state index contributed by atoms with van der Waals surface area (Å²) in [5, 5.41) is 8.93. The molecule has 1 saturated carbocycles. The monoisotopic (exact) mass is 233 g/mol. The molecule has 1 fully saturated rings. The predicted octanol–water partition coefficient (Wildman–Crippen LogP) is 2.08. The van der Waals surface area contributed by atoms with E-state index >= 15 is 0 Å². The number of anilines is 1. The van der Waals surface area contributed by atoms with Gasteiger partial charge in [-0.25, -0.2) is 4.79 Å². The summed E-state index contributed by atoms with van der Waals surface area (Å²) < 4.78 is 0. The number of urea groups is 1. The van der Waals surface area contributed by atoms with Crippen LogP contribution >= 0.6 is 0 Å². The number of benzene rings is 1. The Morgan fingerprint density at radius 2 is 2.00 bits per heavy atom. The SMILES string of the molecule is CCNC(=O)Nc1ccc(CNC2CC2)cc1. The first-order valence-corrected chi connectivity index (χ1v) is 6.15. The minimum absolute atomic E-state index is 0.156. The topological polar surface area (TPSA) is 53.2 Å². The van der Waals surface area contributed by atoms with Gasteiger partial charge in [0.05, 0.1) is 0 Å². The molecule has 0 radical (unpaired) electrons. The smallest absolute Gasteiger partial charge is 0.319 e. The summed E-state index contributed by atoms with van der Waals surface area (Å²) in [6.07, 6.45) is 2.60. The highest BCUT2D eigenvalue weighted by molar-refractivity contribution is 5.89. The van der Waals surface area contributed by atoms with E-state index in [4.69, 9.17) is 0 Å². The molecule has 1 aliphatic rings. The molecule has 17 heavy (non-hydrogen) atoms. The van der Waals surface area contributed by atoms with Crippen molar-refractivity contribution >= 4 is 11.7 Å². The van der Waals surface area contributed by atoms with Crippen LogP contribution < -0.4 is 16.0 Å². The standard InChI is InChI=1S/C13H19N3O/c1-2-14-13(17)16-12-5-3-10(4-6-12)9-15-11-7-8-11/h3-6,11,15H,2,7-9H2,1H3,(H2,14,16,17). The highest BCUT2D eigenvalue weighted by Gasteiger charge is 2.19. The molecule has 1 aromatic carbocycles. The van der Waals surface area contributed by atoms with Crippen LogP contribution in [0.1, 0.15) is 25.3 Å². The van der Waals surface area contributed by atoms with E-state index < -0.39 is 0 Å². The largest absolute Gasteiger partial charge is 0.338 e. The van der Waals surface area contributed by atoms with Crippen LogP contribution in [0.2, 0.25) is 0 Å². The van der Waals surface area contributed by atoms with Crippen molar-refractivity contribution in [3.05, 3.63) is 29.8 Å². The molecule has 2 amide bonds. The highest BCUT2D eigenvalue weighted by Crippen LogP contribution is 2.19. The second-order valence-corrected chi connectivity index (χ2v) is 4.34. The molecule has 2 rings (SSSR count). The number of carbonyl (C=O) groups is 1. The molecule has 0 bridgehead atoms. The molecular weight excluding hydrogens is 214 g/mol. The van der Waals surface area contributed by atoms with Crippen LogP contribution in [0.25, 0.3) is 0 Å². The second kappa shape index (κ2) is 5.68. The van der Waals surface area contributed by atoms with Crippen LogP contribution in [-0.4, -0.2) is 18.6 Å². The average Bonchev–Trinajstić information content (AvgIpc) is 3.12. The van der Waals surface area contributed by atoms with Crippen LogP contribution in [0.15, 0.2) is 24.3 Å². The molecule has 4 nitrogen and oxygen atoms in total. The van der Waals surface area contributed by atoms with Crippen molar-refractivity contribution in [1.82, 2.24) is 10.6 Å². The minimum atomic E-state index is -0.156. The zero-order valence-electron chi connectivity index (χ0n) is 10.1. The quantitative estimate of drug-likeness (QED) is 0.729. The molecule has 1 aromatic rings. The Morgan fingerprint density at radius 1 is 1.29 bits per heavy atom. The van der Waals surface area contributed by atoms with E-state index in [9.17, 15) is 4.79 Å². The van der Waals surface area contributed by atoms with E-state index in [1.807, 2.05) is 31.2 Å². The Labute approximate surface area is 102 Å². The van der Waals surface area contributed by atoms with Gasteiger partial charge in [-0.1, -0.05) is 12.1 Å². The third-order valence-electron chi connectivity index (χ3n) is 2.72. The van der Waals surface area contributed by atoms with Gasteiger partial charge in [-0.15, -0.1) is 0 Å². The molecule has 0 heterocycles. The van der Waals surface area contributed by atoms with Crippen LogP contribution in [-0.2, 0) is 6.54 Å². The van der Waals surface area contributed by atoms with Crippen molar-refractivity contribution < 1.29 is 4.79 Å². The Kier molecular flexibility index (Phi) is 3.98. The van der Waals surface area contributed by atoms with Crippen molar-refractivity contribution in [1.29, 1.82) is 0 Å². The van der Waals surface area contributed by atoms with Crippen LogP contribution in [0.4, 0.5) is 10.5 Å². The Morgan fingerprint density at radius 3 is 2.59 bits per heavy atom. The number of carbonyl (C=O) groups excluding carboxylic acids is 1. The van der Waals surface area contributed by atoms with Crippen LogP contribution in [0, 0.1) is 0 Å². The van der Waals surface area contributed by atoms with Gasteiger partial charge in [0.1, 0.15) is 0 Å². The van der Waals surface area contributed by atoms with Gasteiger partial charge in [0.2, 0.25) is 0 Å². The number of hydrogen-bond donors (Lipinski definition) is 3. The van der Waals surface area contributed by atoms with E-state index in [1.165, 1.54) is 18.4 Å². The van der Waals surface area contributed by atoms with Gasteiger partial charge in [0.25, 0.3) is 0 Å². The number of hydrogen-bond acceptors (Lipinski definition) is 2. The van der Waals surface area contributed by atoms with Gasteiger partial charge in [0.15, 0.2) is 0 Å². The molecular formula is C13H19N3O. The lowest BCUT2D eigenvalue weighted by atomic mass is 10.2. The van der Waals surface area contributed by atoms with Crippen molar-refractivity contribution in [3.8, 4) is 0 Å². The Bertz CT molecular complexity index is 371. The van der Waals surface area contributed by atoms with E-state index in [0.717, 1.165) is 18.3 Å². The van der Waals surface area contributed by atoms with Crippen molar-refractivity contribution in [2.75, 3.05) is 11.9 Å². The lowest BCUT2D eigenvalue weighted by molar-refractivity contribution is 0.252. The van der Waals surface area contributed by atoms with Gasteiger partial charge < -0.3 is 16.0 Å². The summed E-state index contributed by atoms with van der Waals surface area (Å²) in [7, 11) is 0. The maximum atomic E-state index is 11.3. The minimum Gasteiger partial charge on any atom is -0.338 e. The van der Waals surface area contributed by atoms with Gasteiger partial charge >= 0.3 is 6.03 Å². The third-order valence-corrected chi connectivity index (χ3v) is 2.72. The van der Waals surface area contributed by atoms with Gasteiger partial charge in [-0.2, -0.15) is 0 Å². The lowest BCUT2D eigenvalue weighted by Gasteiger charge is -2.07. The van der Waals surface area contributed by atoms with E-state index in [0.29, 0.717) is 6.54 Å². The fourth-order valence-corrected chi connectivity index (χ4v) is 1.59. The Hall–Kier alpha value is -1.55. The fraction of sp³-hybridized carbons (Fsp3) is 0.462. The lowest BCUT2D eigenvalue weighted by Crippen LogP contribution is -2.28. The normalized spacial score (nSPS) is 14.4. The third kappa shape index (κ3) is 4.07. The molecule has 0 aliphatic heterocycles. The zero-order chi connectivity index (χ0) is 12.1. The van der Waals surface area contributed by atoms with E-state index in [-0.39, 0.29) is 6.03 Å². The molecule has 0 aromatic heterocycles. The molecule has 0 atom stereocenters. The molecule has 3 N–H and O–H groups in total. The first kappa shape index (κ1) is 11.9. The first-order chi connectivity index (χ1) is 8.28. The van der Waals surface area contributed by atoms with E-state index in [1.54, 1.807) is 0 Å². The molecule has 92 valence electrons. The average molecular weight is 233 g/mol. The zero-order valence-corrected chi connectivity index (χ0v) is 10.1. The van der Waals surface area contributed by atoms with Gasteiger partial charge in [-0.3, -0.25) is 0 Å². The number of amides is 2. The summed E-state index contributed by atoms with van der Waals surface area (Å²) in [6, 6.07) is 8.51.